The average Bonchev–Trinajstić information content (AvgIpc) is 3.20. The first kappa shape index (κ1) is 15.5. The molecule has 0 atom stereocenters. The molecular formula is C18H24FNO2. The van der Waals surface area contributed by atoms with E-state index in [2.05, 4.69) is 0 Å². The van der Waals surface area contributed by atoms with E-state index in [0.29, 0.717) is 12.5 Å². The predicted octanol–water partition coefficient (Wildman–Crippen LogP) is 3.26. The molecule has 2 fully saturated rings. The smallest absolute Gasteiger partial charge is 0.225 e. The Morgan fingerprint density at radius 3 is 2.45 bits per heavy atom. The van der Waals surface area contributed by atoms with Crippen LogP contribution in [-0.4, -0.2) is 28.1 Å². The number of aliphatic hydroxyl groups is 1. The van der Waals surface area contributed by atoms with Crippen molar-refractivity contribution in [3.63, 3.8) is 0 Å². The maximum absolute atomic E-state index is 13.0. The highest BCUT2D eigenvalue weighted by molar-refractivity contribution is 5.77. The molecule has 3 rings (SSSR count). The summed E-state index contributed by atoms with van der Waals surface area (Å²) in [6.45, 7) is 1.26. The van der Waals surface area contributed by atoms with Gasteiger partial charge in [-0.15, -0.1) is 0 Å². The van der Waals surface area contributed by atoms with Gasteiger partial charge >= 0.3 is 0 Å². The lowest BCUT2D eigenvalue weighted by Gasteiger charge is -2.28. The van der Waals surface area contributed by atoms with Crippen molar-refractivity contribution in [2.75, 3.05) is 6.54 Å². The van der Waals surface area contributed by atoms with Crippen LogP contribution < -0.4 is 0 Å². The Bertz CT molecular complexity index is 518. The van der Waals surface area contributed by atoms with E-state index in [9.17, 15) is 14.3 Å². The molecule has 1 aromatic carbocycles. The molecular weight excluding hydrogens is 281 g/mol. The third-order valence-electron chi connectivity index (χ3n) is 4.83. The van der Waals surface area contributed by atoms with Crippen LogP contribution in [0.1, 0.15) is 50.5 Å². The number of nitrogens with zero attached hydrogens (tertiary/aromatic N) is 1. The molecule has 0 spiro atoms. The molecule has 0 saturated heterocycles. The lowest BCUT2D eigenvalue weighted by atomic mass is 9.97. The first-order chi connectivity index (χ1) is 10.5. The summed E-state index contributed by atoms with van der Waals surface area (Å²) in [6, 6.07) is 6.32. The molecule has 4 heteroatoms. The molecule has 2 aliphatic carbocycles. The minimum atomic E-state index is -0.804. The van der Waals surface area contributed by atoms with Gasteiger partial charge in [0.2, 0.25) is 5.91 Å². The van der Waals surface area contributed by atoms with Crippen molar-refractivity contribution < 1.29 is 14.3 Å². The third-order valence-corrected chi connectivity index (χ3v) is 4.83. The Morgan fingerprint density at radius 1 is 1.23 bits per heavy atom. The standard InChI is InChI=1S/C18H24FNO2/c19-16-7-5-15(6-8-16)13-20(12-14-3-4-14)17(21)11-18(22)9-1-2-10-18/h5-8,14,22H,1-4,9-13H2. The van der Waals surface area contributed by atoms with E-state index in [0.717, 1.165) is 37.8 Å². The molecule has 2 aliphatic rings. The van der Waals surface area contributed by atoms with Gasteiger partial charge in [-0.1, -0.05) is 25.0 Å². The van der Waals surface area contributed by atoms with Crippen molar-refractivity contribution in [3.8, 4) is 0 Å². The molecule has 2 saturated carbocycles. The molecule has 1 amide bonds. The third kappa shape index (κ3) is 4.07. The number of carbonyl (C=O) groups is 1. The second-order valence-corrected chi connectivity index (χ2v) is 6.95. The maximum atomic E-state index is 13.0. The molecule has 1 N–H and O–H groups in total. The van der Waals surface area contributed by atoms with Crippen molar-refractivity contribution in [1.29, 1.82) is 0 Å². The van der Waals surface area contributed by atoms with Gasteiger partial charge in [0.15, 0.2) is 0 Å². The Hall–Kier alpha value is -1.42. The van der Waals surface area contributed by atoms with E-state index in [1.807, 2.05) is 4.90 Å². The summed E-state index contributed by atoms with van der Waals surface area (Å²) in [4.78, 5) is 14.5. The van der Waals surface area contributed by atoms with Gasteiger partial charge in [-0.2, -0.15) is 0 Å². The normalized spacial score (nSPS) is 20.1. The van der Waals surface area contributed by atoms with Crippen LogP contribution in [0, 0.1) is 11.7 Å². The summed E-state index contributed by atoms with van der Waals surface area (Å²) in [5.74, 6) is 0.368. The molecule has 0 aromatic heterocycles. The monoisotopic (exact) mass is 305 g/mol. The zero-order chi connectivity index (χ0) is 15.6. The second-order valence-electron chi connectivity index (χ2n) is 6.95. The first-order valence-corrected chi connectivity index (χ1v) is 8.29. The Labute approximate surface area is 131 Å². The van der Waals surface area contributed by atoms with Gasteiger partial charge in [-0.05, 0) is 49.3 Å². The molecule has 0 aliphatic heterocycles. The number of rotatable bonds is 6. The minimum absolute atomic E-state index is 0.0284. The molecule has 3 nitrogen and oxygen atoms in total. The van der Waals surface area contributed by atoms with Crippen molar-refractivity contribution in [2.45, 2.75) is 57.1 Å². The quantitative estimate of drug-likeness (QED) is 0.876. The highest BCUT2D eigenvalue weighted by Crippen LogP contribution is 2.34. The van der Waals surface area contributed by atoms with Crippen LogP contribution in [0.15, 0.2) is 24.3 Å². The number of benzene rings is 1. The Morgan fingerprint density at radius 2 is 1.86 bits per heavy atom. The van der Waals surface area contributed by atoms with E-state index in [-0.39, 0.29) is 18.1 Å². The Kier molecular flexibility index (Phi) is 4.48. The lowest BCUT2D eigenvalue weighted by molar-refractivity contribution is -0.137. The van der Waals surface area contributed by atoms with E-state index in [1.165, 1.54) is 25.0 Å². The molecule has 0 unspecified atom stereocenters. The number of amides is 1. The van der Waals surface area contributed by atoms with Crippen molar-refractivity contribution in [2.24, 2.45) is 5.92 Å². The van der Waals surface area contributed by atoms with Gasteiger partial charge in [0.05, 0.1) is 12.0 Å². The summed E-state index contributed by atoms with van der Waals surface area (Å²) < 4.78 is 13.0. The SMILES string of the molecule is O=C(CC1(O)CCCC1)N(Cc1ccc(F)cc1)CC1CC1. The van der Waals surface area contributed by atoms with E-state index in [1.54, 1.807) is 12.1 Å². The fourth-order valence-electron chi connectivity index (χ4n) is 3.28. The van der Waals surface area contributed by atoms with Gasteiger partial charge < -0.3 is 10.0 Å². The summed E-state index contributed by atoms with van der Waals surface area (Å²) in [7, 11) is 0. The molecule has 120 valence electrons. The summed E-state index contributed by atoms with van der Waals surface area (Å²) in [6.07, 6.45) is 6.05. The molecule has 0 heterocycles. The van der Waals surface area contributed by atoms with Crippen molar-refractivity contribution in [1.82, 2.24) is 4.90 Å². The van der Waals surface area contributed by atoms with Crippen LogP contribution >= 0.6 is 0 Å². The predicted molar refractivity (Wildman–Crippen MR) is 82.6 cm³/mol. The van der Waals surface area contributed by atoms with E-state index in [4.69, 9.17) is 0 Å². The Balaban J connectivity index is 1.65. The number of carbonyl (C=O) groups excluding carboxylic acids is 1. The largest absolute Gasteiger partial charge is 0.389 e. The number of halogens is 1. The van der Waals surface area contributed by atoms with Gasteiger partial charge in [-0.25, -0.2) is 4.39 Å². The summed E-state index contributed by atoms with van der Waals surface area (Å²) in [5, 5.41) is 10.5. The van der Waals surface area contributed by atoms with E-state index < -0.39 is 5.60 Å². The number of hydrogen-bond donors (Lipinski definition) is 1. The van der Waals surface area contributed by atoms with Crippen LogP contribution in [0.3, 0.4) is 0 Å². The first-order valence-electron chi connectivity index (χ1n) is 8.29. The minimum Gasteiger partial charge on any atom is -0.389 e. The summed E-state index contributed by atoms with van der Waals surface area (Å²) >= 11 is 0. The molecule has 0 radical (unpaired) electrons. The zero-order valence-corrected chi connectivity index (χ0v) is 12.9. The topological polar surface area (TPSA) is 40.5 Å². The van der Waals surface area contributed by atoms with Crippen LogP contribution in [-0.2, 0) is 11.3 Å². The second kappa shape index (κ2) is 6.37. The highest BCUT2D eigenvalue weighted by Gasteiger charge is 2.36. The van der Waals surface area contributed by atoms with Crippen LogP contribution in [0.4, 0.5) is 4.39 Å². The molecule has 22 heavy (non-hydrogen) atoms. The molecule has 0 bridgehead atoms. The van der Waals surface area contributed by atoms with Gasteiger partial charge in [0.1, 0.15) is 5.82 Å². The molecule has 1 aromatic rings. The van der Waals surface area contributed by atoms with Crippen molar-refractivity contribution >= 4 is 5.91 Å². The van der Waals surface area contributed by atoms with Crippen LogP contribution in [0.25, 0.3) is 0 Å². The maximum Gasteiger partial charge on any atom is 0.225 e. The van der Waals surface area contributed by atoms with Crippen LogP contribution in [0.5, 0.6) is 0 Å². The fraction of sp³-hybridized carbons (Fsp3) is 0.611. The summed E-state index contributed by atoms with van der Waals surface area (Å²) in [5.41, 5.74) is 0.135. The fourth-order valence-corrected chi connectivity index (χ4v) is 3.28. The zero-order valence-electron chi connectivity index (χ0n) is 12.9. The van der Waals surface area contributed by atoms with Gasteiger partial charge in [0.25, 0.3) is 0 Å². The highest BCUT2D eigenvalue weighted by atomic mass is 19.1. The van der Waals surface area contributed by atoms with Gasteiger partial charge in [0, 0.05) is 13.1 Å². The lowest BCUT2D eigenvalue weighted by Crippen LogP contribution is -2.38. The van der Waals surface area contributed by atoms with Crippen LogP contribution in [0.2, 0.25) is 0 Å². The van der Waals surface area contributed by atoms with E-state index >= 15 is 0 Å². The van der Waals surface area contributed by atoms with Gasteiger partial charge in [-0.3, -0.25) is 4.79 Å². The van der Waals surface area contributed by atoms with Crippen molar-refractivity contribution in [3.05, 3.63) is 35.6 Å². The number of hydrogen-bond acceptors (Lipinski definition) is 2. The average molecular weight is 305 g/mol.